The highest BCUT2D eigenvalue weighted by Crippen LogP contribution is 2.34. The number of amides is 2. The van der Waals surface area contributed by atoms with Crippen molar-refractivity contribution < 1.29 is 9.59 Å². The number of carbonyl (C=O) groups is 2. The lowest BCUT2D eigenvalue weighted by Gasteiger charge is -2.34. The van der Waals surface area contributed by atoms with Gasteiger partial charge in [0, 0.05) is 37.5 Å². The van der Waals surface area contributed by atoms with Gasteiger partial charge in [-0.2, -0.15) is 0 Å². The minimum absolute atomic E-state index is 0.0150. The van der Waals surface area contributed by atoms with Gasteiger partial charge in [-0.05, 0) is 31.1 Å². The third-order valence-electron chi connectivity index (χ3n) is 5.23. The van der Waals surface area contributed by atoms with Crippen LogP contribution in [0.2, 0.25) is 0 Å². The zero-order valence-corrected chi connectivity index (χ0v) is 19.6. The van der Waals surface area contributed by atoms with Gasteiger partial charge in [-0.1, -0.05) is 13.8 Å². The third-order valence-corrected chi connectivity index (χ3v) is 7.50. The Balaban J connectivity index is 2.19. The van der Waals surface area contributed by atoms with Gasteiger partial charge in [0.05, 0.1) is 6.04 Å². The van der Waals surface area contributed by atoms with Gasteiger partial charge in [-0.3, -0.25) is 9.59 Å². The number of hydrogen-bond donors (Lipinski definition) is 0. The van der Waals surface area contributed by atoms with Crippen molar-refractivity contribution >= 4 is 58.0 Å². The molecule has 1 aliphatic heterocycles. The minimum atomic E-state index is -0.624. The second-order valence-electron chi connectivity index (χ2n) is 7.59. The molecule has 1 saturated heterocycles. The van der Waals surface area contributed by atoms with Crippen molar-refractivity contribution in [2.45, 2.75) is 56.5 Å². The molecule has 5 nitrogen and oxygen atoms in total. The maximum absolute atomic E-state index is 13.5. The Labute approximate surface area is 186 Å². The average Bonchev–Trinajstić information content (AvgIpc) is 3.35. The average molecular weight is 469 g/mol. The van der Waals surface area contributed by atoms with Crippen LogP contribution in [0, 0.1) is 11.8 Å². The molecule has 0 spiro atoms. The van der Waals surface area contributed by atoms with Crippen molar-refractivity contribution in [3.05, 3.63) is 16.6 Å². The van der Waals surface area contributed by atoms with Crippen molar-refractivity contribution in [1.82, 2.24) is 14.8 Å². The summed E-state index contributed by atoms with van der Waals surface area (Å²) in [5.74, 6) is 0.187. The van der Waals surface area contributed by atoms with Crippen LogP contribution in [-0.4, -0.2) is 56.9 Å². The van der Waals surface area contributed by atoms with Crippen molar-refractivity contribution in [1.29, 1.82) is 0 Å². The van der Waals surface area contributed by atoms with Gasteiger partial charge in [0.2, 0.25) is 11.8 Å². The largest absolute Gasteiger partial charge is 0.334 e. The summed E-state index contributed by atoms with van der Waals surface area (Å²) < 4.78 is 0. The normalized spacial score (nSPS) is 20.2. The summed E-state index contributed by atoms with van der Waals surface area (Å²) in [4.78, 5) is 33.5. The lowest BCUT2D eigenvalue weighted by molar-refractivity contribution is -0.146. The number of alkyl halides is 3. The van der Waals surface area contributed by atoms with Crippen LogP contribution in [0.1, 0.15) is 50.6 Å². The number of rotatable bonds is 9. The number of halogens is 3. The van der Waals surface area contributed by atoms with Crippen LogP contribution in [0.25, 0.3) is 0 Å². The summed E-state index contributed by atoms with van der Waals surface area (Å²) in [6, 6.07) is -0.572. The van der Waals surface area contributed by atoms with Gasteiger partial charge in [0.15, 0.2) is 0 Å². The first-order valence-electron chi connectivity index (χ1n) is 9.55. The minimum Gasteiger partial charge on any atom is -0.334 e. The van der Waals surface area contributed by atoms with Crippen LogP contribution >= 0.6 is 46.1 Å². The van der Waals surface area contributed by atoms with Crippen LogP contribution in [0.3, 0.4) is 0 Å². The number of likely N-dealkylation sites (tertiary alicyclic amines) is 1. The molecule has 1 aromatic rings. The molecule has 0 aliphatic carbocycles. The predicted molar refractivity (Wildman–Crippen MR) is 116 cm³/mol. The number of aromatic nitrogens is 1. The van der Waals surface area contributed by atoms with E-state index in [0.29, 0.717) is 18.8 Å². The Morgan fingerprint density at radius 2 is 2.11 bits per heavy atom. The number of likely N-dealkylation sites (N-methyl/N-ethyl adjacent to an activating group) is 1. The van der Waals surface area contributed by atoms with Crippen LogP contribution in [0.4, 0.5) is 0 Å². The Morgan fingerprint density at radius 3 is 2.68 bits per heavy atom. The molecule has 9 heteroatoms. The molecule has 2 heterocycles. The summed E-state index contributed by atoms with van der Waals surface area (Å²) in [7, 11) is 1.69. The Kier molecular flexibility index (Phi) is 9.32. The molecule has 1 aromatic heterocycles. The maximum Gasteiger partial charge on any atom is 0.245 e. The van der Waals surface area contributed by atoms with Gasteiger partial charge in [0.25, 0.3) is 0 Å². The molecule has 0 N–H and O–H groups in total. The van der Waals surface area contributed by atoms with E-state index in [1.807, 2.05) is 24.1 Å². The summed E-state index contributed by atoms with van der Waals surface area (Å²) in [5.41, 5.74) is 0. The molecule has 0 radical (unpaired) electrons. The van der Waals surface area contributed by atoms with E-state index in [1.165, 1.54) is 0 Å². The van der Waals surface area contributed by atoms with Crippen LogP contribution in [-0.2, 0) is 9.59 Å². The van der Waals surface area contributed by atoms with Gasteiger partial charge in [0.1, 0.15) is 15.9 Å². The molecule has 0 unspecified atom stereocenters. The number of thiazole rings is 1. The molecule has 0 saturated carbocycles. The van der Waals surface area contributed by atoms with Gasteiger partial charge in [-0.25, -0.2) is 4.98 Å². The lowest BCUT2D eigenvalue weighted by atomic mass is 9.99. The van der Waals surface area contributed by atoms with Crippen LogP contribution in [0.5, 0.6) is 0 Å². The van der Waals surface area contributed by atoms with Gasteiger partial charge >= 0.3 is 0 Å². The fourth-order valence-electron chi connectivity index (χ4n) is 3.43. The van der Waals surface area contributed by atoms with E-state index >= 15 is 0 Å². The zero-order valence-electron chi connectivity index (χ0n) is 16.5. The summed E-state index contributed by atoms with van der Waals surface area (Å²) in [6.45, 7) is 4.50. The highest BCUT2D eigenvalue weighted by molar-refractivity contribution is 7.09. The highest BCUT2D eigenvalue weighted by Gasteiger charge is 2.38. The number of nitrogens with zero attached hydrogens (tertiary/aromatic N) is 3. The molecule has 28 heavy (non-hydrogen) atoms. The topological polar surface area (TPSA) is 53.5 Å². The molecule has 0 aromatic carbocycles. The molecular formula is C19H28Cl3N3O2S. The summed E-state index contributed by atoms with van der Waals surface area (Å²) in [5, 5.41) is 2.87. The standard InChI is InChI=1S/C19H28Cl3N3O2S/c1-12(11-20)9-15(24(3)16(26)10-13(2)17(21)22)19(27)25-7-4-5-14(25)18-23-6-8-28-18/h6,8,12-15,17H,4-5,7,9-11H2,1-3H3/t12-,13-,14-,15+/m0/s1. The van der Waals surface area contributed by atoms with Gasteiger partial charge < -0.3 is 9.80 Å². The van der Waals surface area contributed by atoms with E-state index in [9.17, 15) is 9.59 Å². The fourth-order valence-corrected chi connectivity index (χ4v) is 4.52. The summed E-state index contributed by atoms with van der Waals surface area (Å²) >= 11 is 19.4. The zero-order chi connectivity index (χ0) is 20.8. The second kappa shape index (κ2) is 11.0. The van der Waals surface area contributed by atoms with Crippen molar-refractivity contribution in [3.63, 3.8) is 0 Å². The molecule has 158 valence electrons. The van der Waals surface area contributed by atoms with Gasteiger partial charge in [-0.15, -0.1) is 46.1 Å². The van der Waals surface area contributed by atoms with E-state index in [-0.39, 0.29) is 36.1 Å². The van der Waals surface area contributed by atoms with E-state index in [2.05, 4.69) is 4.98 Å². The molecule has 1 fully saturated rings. The summed E-state index contributed by atoms with van der Waals surface area (Å²) in [6.07, 6.45) is 4.31. The first-order chi connectivity index (χ1) is 13.3. The van der Waals surface area contributed by atoms with Crippen LogP contribution in [0.15, 0.2) is 11.6 Å². The Hall–Kier alpha value is -0.560. The first-order valence-corrected chi connectivity index (χ1v) is 11.8. The third kappa shape index (κ3) is 5.97. The number of hydrogen-bond acceptors (Lipinski definition) is 4. The van der Waals surface area contributed by atoms with Crippen LogP contribution < -0.4 is 0 Å². The molecule has 1 aliphatic rings. The van der Waals surface area contributed by atoms with Crippen molar-refractivity contribution in [3.8, 4) is 0 Å². The SMILES string of the molecule is C[C@H](CCl)C[C@H](C(=O)N1CCC[C@H]1c1nccs1)N(C)C(=O)C[C@H](C)C(Cl)Cl. The number of carbonyl (C=O) groups excluding carboxylic acids is 2. The quantitative estimate of drug-likeness (QED) is 0.492. The Morgan fingerprint density at radius 1 is 1.39 bits per heavy atom. The predicted octanol–water partition coefficient (Wildman–Crippen LogP) is 4.73. The molecule has 2 amide bonds. The van der Waals surface area contributed by atoms with Crippen molar-refractivity contribution in [2.75, 3.05) is 19.5 Å². The van der Waals surface area contributed by atoms with E-state index in [0.717, 1.165) is 17.8 Å². The highest BCUT2D eigenvalue weighted by atomic mass is 35.5. The smallest absolute Gasteiger partial charge is 0.245 e. The van der Waals surface area contributed by atoms with Crippen molar-refractivity contribution in [2.24, 2.45) is 11.8 Å². The maximum atomic E-state index is 13.5. The van der Waals surface area contributed by atoms with E-state index < -0.39 is 10.9 Å². The fraction of sp³-hybridized carbons (Fsp3) is 0.737. The molecule has 4 atom stereocenters. The molecule has 0 bridgehead atoms. The lowest BCUT2D eigenvalue weighted by Crippen LogP contribution is -2.50. The first kappa shape index (κ1) is 23.7. The van der Waals surface area contributed by atoms with E-state index in [1.54, 1.807) is 29.5 Å². The Bertz CT molecular complexity index is 644. The molecular weight excluding hydrogens is 441 g/mol. The second-order valence-corrected chi connectivity index (χ2v) is 9.99. The van der Waals surface area contributed by atoms with E-state index in [4.69, 9.17) is 34.8 Å². The molecule has 2 rings (SSSR count). The monoisotopic (exact) mass is 467 g/mol.